The van der Waals surface area contributed by atoms with Crippen molar-refractivity contribution in [2.75, 3.05) is 13.7 Å². The molecule has 0 bridgehead atoms. The summed E-state index contributed by atoms with van der Waals surface area (Å²) in [6.07, 6.45) is 12.0. The predicted molar refractivity (Wildman–Crippen MR) is 178 cm³/mol. The Hall–Kier alpha value is -4.39. The van der Waals surface area contributed by atoms with Crippen molar-refractivity contribution in [1.29, 1.82) is 0 Å². The summed E-state index contributed by atoms with van der Waals surface area (Å²) in [7, 11) is 1.31. The van der Waals surface area contributed by atoms with Gasteiger partial charge in [0.15, 0.2) is 5.82 Å². The fourth-order valence-electron chi connectivity index (χ4n) is 6.84. The van der Waals surface area contributed by atoms with Crippen LogP contribution in [0.5, 0.6) is 5.88 Å². The van der Waals surface area contributed by atoms with Gasteiger partial charge in [0, 0.05) is 25.0 Å². The lowest BCUT2D eigenvalue weighted by atomic mass is 10.0. The SMILES string of the molecule is COC(=O)[C@@]12C[C@H]1/C=C\CCCCC[C@H](NC(=O)CC1CC1)C(=O)N1C[C@H](Oc3nc(-c4ccccn4)nc4sccc34)C[C@H]1C(=O)N2. The number of methoxy groups -OCH3 is 1. The summed E-state index contributed by atoms with van der Waals surface area (Å²) in [6, 6.07) is 5.68. The number of amides is 3. The molecule has 3 fully saturated rings. The highest BCUT2D eigenvalue weighted by Crippen LogP contribution is 2.46. The molecule has 0 spiro atoms. The molecular formula is C35H40N6O6S. The zero-order valence-corrected chi connectivity index (χ0v) is 27.7. The zero-order chi connectivity index (χ0) is 33.3. The van der Waals surface area contributed by atoms with Crippen LogP contribution in [-0.2, 0) is 23.9 Å². The van der Waals surface area contributed by atoms with E-state index in [0.717, 1.165) is 48.7 Å². The van der Waals surface area contributed by atoms with Crippen molar-refractivity contribution in [1.82, 2.24) is 30.5 Å². The van der Waals surface area contributed by atoms with Crippen LogP contribution in [0.15, 0.2) is 48.0 Å². The quantitative estimate of drug-likeness (QED) is 0.281. The molecule has 252 valence electrons. The molecule has 2 aliphatic carbocycles. The molecular weight excluding hydrogens is 632 g/mol. The number of aromatic nitrogens is 3. The average molecular weight is 673 g/mol. The van der Waals surface area contributed by atoms with E-state index in [-0.39, 0.29) is 30.7 Å². The second-order valence-corrected chi connectivity index (χ2v) is 14.2. The fourth-order valence-corrected chi connectivity index (χ4v) is 7.59. The second-order valence-electron chi connectivity index (χ2n) is 13.3. The summed E-state index contributed by atoms with van der Waals surface area (Å²) in [6.45, 7) is 0.106. The number of pyridine rings is 1. The van der Waals surface area contributed by atoms with Crippen LogP contribution in [0.4, 0.5) is 0 Å². The molecule has 13 heteroatoms. The van der Waals surface area contributed by atoms with Crippen LogP contribution in [0.1, 0.15) is 64.2 Å². The Labute approximate surface area is 282 Å². The Morgan fingerprint density at radius 2 is 2.00 bits per heavy atom. The van der Waals surface area contributed by atoms with Crippen LogP contribution in [0.2, 0.25) is 0 Å². The van der Waals surface area contributed by atoms with Gasteiger partial charge >= 0.3 is 5.97 Å². The fraction of sp³-hybridized carbons (Fsp3) is 0.514. The number of esters is 1. The molecule has 0 aromatic carbocycles. The maximum absolute atomic E-state index is 14.4. The zero-order valence-electron chi connectivity index (χ0n) is 26.9. The summed E-state index contributed by atoms with van der Waals surface area (Å²) in [4.78, 5) is 70.5. The molecule has 2 saturated carbocycles. The van der Waals surface area contributed by atoms with Crippen molar-refractivity contribution in [2.45, 2.75) is 87.9 Å². The van der Waals surface area contributed by atoms with Crippen LogP contribution in [0.3, 0.4) is 0 Å². The van der Waals surface area contributed by atoms with E-state index in [1.807, 2.05) is 35.7 Å². The van der Waals surface area contributed by atoms with Gasteiger partial charge in [0.05, 0.1) is 19.0 Å². The second kappa shape index (κ2) is 13.6. The van der Waals surface area contributed by atoms with Crippen molar-refractivity contribution in [3.63, 3.8) is 0 Å². The van der Waals surface area contributed by atoms with Crippen LogP contribution >= 0.6 is 11.3 Å². The van der Waals surface area contributed by atoms with Crippen molar-refractivity contribution >= 4 is 45.2 Å². The number of carbonyl (C=O) groups excluding carboxylic acids is 4. The first kappa shape index (κ1) is 32.2. The van der Waals surface area contributed by atoms with E-state index in [1.165, 1.54) is 23.3 Å². The molecule has 2 N–H and O–H groups in total. The number of ether oxygens (including phenoxy) is 2. The van der Waals surface area contributed by atoms with Crippen LogP contribution in [-0.4, -0.2) is 80.9 Å². The highest BCUT2D eigenvalue weighted by atomic mass is 32.1. The Kier molecular flexibility index (Phi) is 9.13. The largest absolute Gasteiger partial charge is 0.472 e. The van der Waals surface area contributed by atoms with E-state index in [1.54, 1.807) is 6.20 Å². The smallest absolute Gasteiger partial charge is 0.332 e. The van der Waals surface area contributed by atoms with Gasteiger partial charge in [-0.25, -0.2) is 9.78 Å². The number of nitrogens with zero attached hydrogens (tertiary/aromatic N) is 4. The van der Waals surface area contributed by atoms with Gasteiger partial charge in [0.25, 0.3) is 0 Å². The van der Waals surface area contributed by atoms with E-state index in [4.69, 9.17) is 14.5 Å². The first-order valence-electron chi connectivity index (χ1n) is 16.8. The van der Waals surface area contributed by atoms with Gasteiger partial charge < -0.3 is 25.0 Å². The lowest BCUT2D eigenvalue weighted by Gasteiger charge is -2.29. The summed E-state index contributed by atoms with van der Waals surface area (Å²) in [5.41, 5.74) is -0.585. The molecule has 0 unspecified atom stereocenters. The van der Waals surface area contributed by atoms with Crippen molar-refractivity contribution in [2.24, 2.45) is 11.8 Å². The van der Waals surface area contributed by atoms with Crippen molar-refractivity contribution in [3.8, 4) is 17.4 Å². The van der Waals surface area contributed by atoms with Crippen molar-refractivity contribution < 1.29 is 28.7 Å². The van der Waals surface area contributed by atoms with E-state index >= 15 is 0 Å². The molecule has 2 aliphatic heterocycles. The molecule has 4 aliphatic rings. The molecule has 1 saturated heterocycles. The van der Waals surface area contributed by atoms with E-state index in [9.17, 15) is 19.2 Å². The monoisotopic (exact) mass is 672 g/mol. The minimum atomic E-state index is -1.18. The van der Waals surface area contributed by atoms with Gasteiger partial charge in [0.2, 0.25) is 23.6 Å². The molecule has 5 atom stereocenters. The highest BCUT2D eigenvalue weighted by Gasteiger charge is 2.62. The number of hydrogen-bond donors (Lipinski definition) is 2. The van der Waals surface area contributed by atoms with Crippen molar-refractivity contribution in [3.05, 3.63) is 48.0 Å². The Morgan fingerprint density at radius 1 is 1.12 bits per heavy atom. The van der Waals surface area contributed by atoms with E-state index in [2.05, 4.69) is 26.7 Å². The van der Waals surface area contributed by atoms with Gasteiger partial charge in [-0.05, 0) is 68.0 Å². The molecule has 48 heavy (non-hydrogen) atoms. The Morgan fingerprint density at radius 3 is 2.79 bits per heavy atom. The lowest BCUT2D eigenvalue weighted by Crippen LogP contribution is -2.56. The van der Waals surface area contributed by atoms with E-state index in [0.29, 0.717) is 42.6 Å². The number of fused-ring (bicyclic) bond motifs is 3. The van der Waals surface area contributed by atoms with E-state index < -0.39 is 35.6 Å². The number of hydrogen-bond acceptors (Lipinski definition) is 10. The van der Waals surface area contributed by atoms with Gasteiger partial charge in [-0.2, -0.15) is 4.98 Å². The molecule has 0 radical (unpaired) electrons. The van der Waals surface area contributed by atoms with Crippen LogP contribution in [0, 0.1) is 11.8 Å². The Bertz CT molecular complexity index is 1730. The third kappa shape index (κ3) is 6.78. The summed E-state index contributed by atoms with van der Waals surface area (Å²) in [5.74, 6) is -0.491. The first-order chi connectivity index (χ1) is 23.3. The summed E-state index contributed by atoms with van der Waals surface area (Å²) in [5, 5.41) is 8.61. The van der Waals surface area contributed by atoms with Gasteiger partial charge in [-0.1, -0.05) is 31.1 Å². The molecule has 3 aromatic rings. The average Bonchev–Trinajstić information content (AvgIpc) is 3.92. The minimum Gasteiger partial charge on any atom is -0.472 e. The van der Waals surface area contributed by atoms with Crippen LogP contribution in [0.25, 0.3) is 21.7 Å². The first-order valence-corrected chi connectivity index (χ1v) is 17.7. The molecule has 3 aromatic heterocycles. The lowest BCUT2D eigenvalue weighted by molar-refractivity contribution is -0.148. The summed E-state index contributed by atoms with van der Waals surface area (Å²) >= 11 is 1.45. The van der Waals surface area contributed by atoms with Gasteiger partial charge in [0.1, 0.15) is 34.3 Å². The summed E-state index contributed by atoms with van der Waals surface area (Å²) < 4.78 is 11.6. The van der Waals surface area contributed by atoms with Crippen LogP contribution < -0.4 is 15.4 Å². The molecule has 3 amide bonds. The number of thiophene rings is 1. The third-order valence-corrected chi connectivity index (χ3v) is 10.6. The minimum absolute atomic E-state index is 0.106. The molecule has 12 nitrogen and oxygen atoms in total. The van der Waals surface area contributed by atoms with Gasteiger partial charge in [-0.3, -0.25) is 19.4 Å². The van der Waals surface area contributed by atoms with Gasteiger partial charge in [-0.15, -0.1) is 11.3 Å². The number of rotatable bonds is 7. The number of allylic oxidation sites excluding steroid dienone is 1. The topological polar surface area (TPSA) is 153 Å². The maximum atomic E-state index is 14.4. The number of carbonyl (C=O) groups is 4. The normalized spacial score (nSPS) is 28.3. The predicted octanol–water partition coefficient (Wildman–Crippen LogP) is 3.95. The third-order valence-electron chi connectivity index (χ3n) is 9.76. The highest BCUT2D eigenvalue weighted by molar-refractivity contribution is 7.16. The standard InChI is InChI=1S/C35H40N6O6S/c1-46-34(45)35-19-22(35)9-5-3-2-4-6-11-26(37-28(42)17-21-12-13-21)33(44)41-20-23(18-27(41)30(43)40-35)47-31-24-14-16-48-32(24)39-29(38-31)25-10-7-8-15-36-25/h5,7-10,14-16,21-23,26-27H,2-4,6,11-13,17-20H2,1H3,(H,37,42)(H,40,43)/b9-5-/t22-,23-,26+,27+,35-/m1/s1. The number of nitrogens with one attached hydrogen (secondary N) is 2. The Balaban J connectivity index is 1.19. The maximum Gasteiger partial charge on any atom is 0.332 e. The molecule has 7 rings (SSSR count). The molecule has 5 heterocycles.